The first-order valence-corrected chi connectivity index (χ1v) is 7.32. The van der Waals surface area contributed by atoms with Gasteiger partial charge in [0.25, 0.3) is 0 Å². The molecule has 1 heterocycles. The number of nitrogens with zero attached hydrogens (tertiary/aromatic N) is 2. The van der Waals surface area contributed by atoms with Crippen LogP contribution in [-0.4, -0.2) is 17.0 Å². The summed E-state index contributed by atoms with van der Waals surface area (Å²) in [5.74, 6) is 2.87. The van der Waals surface area contributed by atoms with Gasteiger partial charge in [0.05, 0.1) is 0 Å². The predicted octanol–water partition coefficient (Wildman–Crippen LogP) is 4.31. The van der Waals surface area contributed by atoms with Gasteiger partial charge in [-0.3, -0.25) is 0 Å². The Morgan fingerprint density at radius 3 is 2.00 bits per heavy atom. The molecule has 21 heavy (non-hydrogen) atoms. The highest BCUT2D eigenvalue weighted by Crippen LogP contribution is 2.26. The first kappa shape index (κ1) is 15.3. The monoisotopic (exact) mass is 284 g/mol. The quantitative estimate of drug-likeness (QED) is 0.878. The molecule has 0 radical (unpaired) electrons. The molecule has 0 atom stereocenters. The van der Waals surface area contributed by atoms with Crippen molar-refractivity contribution in [3.8, 4) is 0 Å². The number of aryl methyl sites for hydroxylation is 2. The Hall–Kier alpha value is -2.10. The maximum atomic E-state index is 4.67. The average molecular weight is 284 g/mol. The highest BCUT2D eigenvalue weighted by atomic mass is 15.1. The third kappa shape index (κ3) is 3.51. The van der Waals surface area contributed by atoms with Crippen LogP contribution < -0.4 is 10.6 Å². The van der Waals surface area contributed by atoms with E-state index in [9.17, 15) is 0 Å². The van der Waals surface area contributed by atoms with Crippen LogP contribution in [0.5, 0.6) is 0 Å². The third-order valence-electron chi connectivity index (χ3n) is 3.40. The highest BCUT2D eigenvalue weighted by molar-refractivity contribution is 5.65. The summed E-state index contributed by atoms with van der Waals surface area (Å²) in [5.41, 5.74) is 4.57. The van der Waals surface area contributed by atoms with Gasteiger partial charge in [0.15, 0.2) is 0 Å². The van der Waals surface area contributed by atoms with E-state index in [2.05, 4.69) is 66.5 Å². The molecule has 2 rings (SSSR count). The van der Waals surface area contributed by atoms with Crippen molar-refractivity contribution in [2.45, 2.75) is 40.5 Å². The standard InChI is InChI=1S/C17H24N4/c1-10(2)15-20-16(18-6)13(5)17(21-15)19-14-8-11(3)7-12(4)9-14/h7-10H,1-6H3,(H2,18,19,20,21). The second kappa shape index (κ2) is 6.12. The van der Waals surface area contributed by atoms with Crippen molar-refractivity contribution in [1.82, 2.24) is 9.97 Å². The topological polar surface area (TPSA) is 49.8 Å². The minimum Gasteiger partial charge on any atom is -0.373 e. The SMILES string of the molecule is CNc1nc(C(C)C)nc(Nc2cc(C)cc(C)c2)c1C. The summed E-state index contributed by atoms with van der Waals surface area (Å²) in [7, 11) is 1.89. The Bertz CT molecular complexity index is 627. The molecule has 4 nitrogen and oxygen atoms in total. The highest BCUT2D eigenvalue weighted by Gasteiger charge is 2.12. The third-order valence-corrected chi connectivity index (χ3v) is 3.40. The van der Waals surface area contributed by atoms with Crippen LogP contribution in [0.4, 0.5) is 17.3 Å². The molecule has 0 fully saturated rings. The van der Waals surface area contributed by atoms with Gasteiger partial charge in [-0.2, -0.15) is 0 Å². The van der Waals surface area contributed by atoms with Crippen molar-refractivity contribution in [3.05, 3.63) is 40.7 Å². The zero-order chi connectivity index (χ0) is 15.6. The second-order valence-corrected chi connectivity index (χ2v) is 5.81. The number of aromatic nitrogens is 2. The molecule has 0 unspecified atom stereocenters. The van der Waals surface area contributed by atoms with E-state index in [1.165, 1.54) is 11.1 Å². The first-order chi connectivity index (χ1) is 9.90. The number of nitrogens with one attached hydrogen (secondary N) is 2. The molecule has 1 aromatic heterocycles. The van der Waals surface area contributed by atoms with E-state index in [1.807, 2.05) is 14.0 Å². The molecule has 0 saturated heterocycles. The van der Waals surface area contributed by atoms with Crippen LogP contribution in [0.2, 0.25) is 0 Å². The lowest BCUT2D eigenvalue weighted by Crippen LogP contribution is -2.08. The van der Waals surface area contributed by atoms with E-state index < -0.39 is 0 Å². The maximum Gasteiger partial charge on any atom is 0.139 e. The van der Waals surface area contributed by atoms with E-state index >= 15 is 0 Å². The van der Waals surface area contributed by atoms with Crippen LogP contribution in [0.1, 0.15) is 42.3 Å². The van der Waals surface area contributed by atoms with Gasteiger partial charge in [-0.05, 0) is 44.0 Å². The minimum atomic E-state index is 0.289. The largest absolute Gasteiger partial charge is 0.373 e. The summed E-state index contributed by atoms with van der Waals surface area (Å²) in [4.78, 5) is 9.24. The summed E-state index contributed by atoms with van der Waals surface area (Å²) < 4.78 is 0. The van der Waals surface area contributed by atoms with Crippen LogP contribution >= 0.6 is 0 Å². The molecular weight excluding hydrogens is 260 g/mol. The summed E-state index contributed by atoms with van der Waals surface area (Å²) in [5, 5.41) is 6.58. The molecule has 112 valence electrons. The fourth-order valence-electron chi connectivity index (χ4n) is 2.34. The van der Waals surface area contributed by atoms with Crippen molar-refractivity contribution >= 4 is 17.3 Å². The van der Waals surface area contributed by atoms with E-state index in [0.717, 1.165) is 28.7 Å². The van der Waals surface area contributed by atoms with Gasteiger partial charge in [-0.1, -0.05) is 19.9 Å². The summed E-state index contributed by atoms with van der Waals surface area (Å²) in [6.07, 6.45) is 0. The Labute approximate surface area is 127 Å². The minimum absolute atomic E-state index is 0.289. The fraction of sp³-hybridized carbons (Fsp3) is 0.412. The van der Waals surface area contributed by atoms with Gasteiger partial charge in [0.1, 0.15) is 17.5 Å². The first-order valence-electron chi connectivity index (χ1n) is 7.32. The van der Waals surface area contributed by atoms with Crippen molar-refractivity contribution < 1.29 is 0 Å². The Morgan fingerprint density at radius 2 is 1.48 bits per heavy atom. The second-order valence-electron chi connectivity index (χ2n) is 5.81. The van der Waals surface area contributed by atoms with Gasteiger partial charge in [-0.15, -0.1) is 0 Å². The van der Waals surface area contributed by atoms with E-state index in [4.69, 9.17) is 0 Å². The Balaban J connectivity index is 2.45. The summed E-state index contributed by atoms with van der Waals surface area (Å²) in [6.45, 7) is 10.4. The van der Waals surface area contributed by atoms with Gasteiger partial charge >= 0.3 is 0 Å². The molecule has 2 N–H and O–H groups in total. The molecule has 0 bridgehead atoms. The van der Waals surface area contributed by atoms with Crippen molar-refractivity contribution in [1.29, 1.82) is 0 Å². The van der Waals surface area contributed by atoms with Gasteiger partial charge in [0.2, 0.25) is 0 Å². The zero-order valence-corrected chi connectivity index (χ0v) is 13.7. The van der Waals surface area contributed by atoms with Gasteiger partial charge < -0.3 is 10.6 Å². The average Bonchev–Trinajstić information content (AvgIpc) is 2.39. The van der Waals surface area contributed by atoms with E-state index in [-0.39, 0.29) is 5.92 Å². The zero-order valence-electron chi connectivity index (χ0n) is 13.7. The molecule has 0 amide bonds. The lowest BCUT2D eigenvalue weighted by atomic mass is 10.1. The van der Waals surface area contributed by atoms with Crippen LogP contribution in [0, 0.1) is 20.8 Å². The normalized spacial score (nSPS) is 10.8. The van der Waals surface area contributed by atoms with Crippen LogP contribution in [0.25, 0.3) is 0 Å². The number of anilines is 3. The Kier molecular flexibility index (Phi) is 4.46. The van der Waals surface area contributed by atoms with Crippen LogP contribution in [0.3, 0.4) is 0 Å². The number of hydrogen-bond acceptors (Lipinski definition) is 4. The molecule has 0 saturated carbocycles. The molecule has 2 aromatic rings. The maximum absolute atomic E-state index is 4.67. The predicted molar refractivity (Wildman–Crippen MR) is 89.6 cm³/mol. The van der Waals surface area contributed by atoms with Crippen LogP contribution in [0.15, 0.2) is 18.2 Å². The lowest BCUT2D eigenvalue weighted by molar-refractivity contribution is 0.775. The van der Waals surface area contributed by atoms with Crippen molar-refractivity contribution in [3.63, 3.8) is 0 Å². The fourth-order valence-corrected chi connectivity index (χ4v) is 2.34. The number of hydrogen-bond donors (Lipinski definition) is 2. The summed E-state index contributed by atoms with van der Waals surface area (Å²) >= 11 is 0. The molecule has 0 spiro atoms. The number of benzene rings is 1. The van der Waals surface area contributed by atoms with Gasteiger partial charge in [0, 0.05) is 24.2 Å². The molecule has 0 aliphatic rings. The van der Waals surface area contributed by atoms with Crippen molar-refractivity contribution in [2.75, 3.05) is 17.7 Å². The van der Waals surface area contributed by atoms with Crippen LogP contribution in [-0.2, 0) is 0 Å². The summed E-state index contributed by atoms with van der Waals surface area (Å²) in [6, 6.07) is 6.42. The molecule has 0 aliphatic heterocycles. The molecular formula is C17H24N4. The smallest absolute Gasteiger partial charge is 0.139 e. The molecule has 1 aromatic carbocycles. The Morgan fingerprint density at radius 1 is 0.905 bits per heavy atom. The number of rotatable bonds is 4. The van der Waals surface area contributed by atoms with Gasteiger partial charge in [-0.25, -0.2) is 9.97 Å². The molecule has 4 heteroatoms. The lowest BCUT2D eigenvalue weighted by Gasteiger charge is -2.15. The van der Waals surface area contributed by atoms with E-state index in [1.54, 1.807) is 0 Å². The molecule has 0 aliphatic carbocycles. The van der Waals surface area contributed by atoms with Crippen molar-refractivity contribution in [2.24, 2.45) is 0 Å². The van der Waals surface area contributed by atoms with E-state index in [0.29, 0.717) is 0 Å².